The fraction of sp³-hybridized carbons (Fsp3) is 0.143. The minimum absolute atomic E-state index is 0.00700. The molecule has 0 amide bonds. The minimum Gasteiger partial charge on any atom is -0.392 e. The summed E-state index contributed by atoms with van der Waals surface area (Å²) in [5.74, 6) is 0. The molecule has 0 aliphatic rings. The van der Waals surface area contributed by atoms with Crippen LogP contribution in [0, 0.1) is 10.1 Å². The number of hydrogen-bond acceptors (Lipinski definition) is 4. The standard InChI is InChI=1S/C14H14N2O3/c17-10-12-2-1-3-13(8-12)15-9-11-4-6-14(7-5-11)16(18)19/h1-8,15,17H,9-10H2. The lowest BCUT2D eigenvalue weighted by atomic mass is 10.2. The lowest BCUT2D eigenvalue weighted by molar-refractivity contribution is -0.384. The highest BCUT2D eigenvalue weighted by atomic mass is 16.6. The molecule has 2 rings (SSSR count). The van der Waals surface area contributed by atoms with Crippen LogP contribution in [0.2, 0.25) is 0 Å². The van der Waals surface area contributed by atoms with Crippen molar-refractivity contribution < 1.29 is 10.0 Å². The number of anilines is 1. The zero-order valence-corrected chi connectivity index (χ0v) is 10.2. The van der Waals surface area contributed by atoms with E-state index in [0.29, 0.717) is 6.54 Å². The monoisotopic (exact) mass is 258 g/mol. The number of hydrogen-bond donors (Lipinski definition) is 2. The van der Waals surface area contributed by atoms with Crippen molar-refractivity contribution in [1.82, 2.24) is 0 Å². The van der Waals surface area contributed by atoms with Gasteiger partial charge in [0.1, 0.15) is 0 Å². The predicted octanol–water partition coefficient (Wildman–Crippen LogP) is 2.70. The van der Waals surface area contributed by atoms with Crippen molar-refractivity contribution in [1.29, 1.82) is 0 Å². The Labute approximate surface area is 110 Å². The molecule has 0 heterocycles. The molecule has 0 aliphatic heterocycles. The number of nitro groups is 1. The summed E-state index contributed by atoms with van der Waals surface area (Å²) in [5, 5.41) is 22.8. The van der Waals surface area contributed by atoms with E-state index in [1.807, 2.05) is 24.3 Å². The molecule has 0 saturated carbocycles. The fourth-order valence-electron chi connectivity index (χ4n) is 1.72. The smallest absolute Gasteiger partial charge is 0.269 e. The molecule has 0 aromatic heterocycles. The Morgan fingerprint density at radius 3 is 2.47 bits per heavy atom. The largest absolute Gasteiger partial charge is 0.392 e. The summed E-state index contributed by atoms with van der Waals surface area (Å²) in [6.45, 7) is 0.583. The number of rotatable bonds is 5. The van der Waals surface area contributed by atoms with Crippen molar-refractivity contribution in [3.05, 3.63) is 69.8 Å². The van der Waals surface area contributed by atoms with E-state index in [0.717, 1.165) is 16.8 Å². The van der Waals surface area contributed by atoms with Crippen molar-refractivity contribution in [2.75, 3.05) is 5.32 Å². The third-order valence-corrected chi connectivity index (χ3v) is 2.75. The van der Waals surface area contributed by atoms with Gasteiger partial charge >= 0.3 is 0 Å². The first kappa shape index (κ1) is 13.0. The van der Waals surface area contributed by atoms with E-state index in [4.69, 9.17) is 5.11 Å². The Hall–Kier alpha value is -2.40. The van der Waals surface area contributed by atoms with Crippen LogP contribution < -0.4 is 5.32 Å². The van der Waals surface area contributed by atoms with Gasteiger partial charge < -0.3 is 10.4 Å². The number of aliphatic hydroxyl groups is 1. The van der Waals surface area contributed by atoms with Gasteiger partial charge in [-0.2, -0.15) is 0 Å². The number of non-ortho nitro benzene ring substituents is 1. The van der Waals surface area contributed by atoms with Gasteiger partial charge in [-0.25, -0.2) is 0 Å². The van der Waals surface area contributed by atoms with Crippen LogP contribution in [-0.2, 0) is 13.2 Å². The molecule has 5 nitrogen and oxygen atoms in total. The minimum atomic E-state index is -0.415. The van der Waals surface area contributed by atoms with Gasteiger partial charge in [0.05, 0.1) is 11.5 Å². The molecule has 0 aliphatic carbocycles. The van der Waals surface area contributed by atoms with Crippen LogP contribution in [0.5, 0.6) is 0 Å². The third-order valence-electron chi connectivity index (χ3n) is 2.75. The molecule has 19 heavy (non-hydrogen) atoms. The highest BCUT2D eigenvalue weighted by molar-refractivity contribution is 5.46. The van der Waals surface area contributed by atoms with Crippen LogP contribution in [-0.4, -0.2) is 10.0 Å². The van der Waals surface area contributed by atoms with Crippen molar-refractivity contribution in [3.8, 4) is 0 Å². The second-order valence-electron chi connectivity index (χ2n) is 4.14. The number of nitro benzene ring substituents is 1. The molecular weight excluding hydrogens is 244 g/mol. The summed E-state index contributed by atoms with van der Waals surface area (Å²) in [6.07, 6.45) is 0. The summed E-state index contributed by atoms with van der Waals surface area (Å²) in [4.78, 5) is 10.1. The molecule has 2 aromatic rings. The Balaban J connectivity index is 1.99. The Bertz CT molecular complexity index is 567. The molecular formula is C14H14N2O3. The average Bonchev–Trinajstić information content (AvgIpc) is 2.46. The lowest BCUT2D eigenvalue weighted by Crippen LogP contribution is -2.00. The van der Waals surface area contributed by atoms with E-state index in [1.165, 1.54) is 12.1 Å². The van der Waals surface area contributed by atoms with Crippen molar-refractivity contribution >= 4 is 11.4 Å². The molecule has 0 saturated heterocycles. The summed E-state index contributed by atoms with van der Waals surface area (Å²) in [6, 6.07) is 13.9. The number of aliphatic hydroxyl groups excluding tert-OH is 1. The Morgan fingerprint density at radius 1 is 1.11 bits per heavy atom. The van der Waals surface area contributed by atoms with E-state index in [2.05, 4.69) is 5.32 Å². The van der Waals surface area contributed by atoms with Gasteiger partial charge in [0, 0.05) is 24.4 Å². The first-order valence-corrected chi connectivity index (χ1v) is 5.86. The summed E-state index contributed by atoms with van der Waals surface area (Å²) < 4.78 is 0. The second-order valence-corrected chi connectivity index (χ2v) is 4.14. The normalized spacial score (nSPS) is 10.2. The lowest BCUT2D eigenvalue weighted by Gasteiger charge is -2.07. The molecule has 5 heteroatoms. The SMILES string of the molecule is O=[N+]([O-])c1ccc(CNc2cccc(CO)c2)cc1. The quantitative estimate of drug-likeness (QED) is 0.638. The Kier molecular flexibility index (Phi) is 4.10. The van der Waals surface area contributed by atoms with Crippen LogP contribution >= 0.6 is 0 Å². The van der Waals surface area contributed by atoms with E-state index >= 15 is 0 Å². The summed E-state index contributed by atoms with van der Waals surface area (Å²) >= 11 is 0. The van der Waals surface area contributed by atoms with Crippen LogP contribution in [0.3, 0.4) is 0 Å². The number of nitrogens with one attached hydrogen (secondary N) is 1. The molecule has 0 radical (unpaired) electrons. The Morgan fingerprint density at radius 2 is 1.84 bits per heavy atom. The van der Waals surface area contributed by atoms with Crippen molar-refractivity contribution in [2.24, 2.45) is 0 Å². The zero-order chi connectivity index (χ0) is 13.7. The maximum Gasteiger partial charge on any atom is 0.269 e. The molecule has 0 unspecified atom stereocenters. The van der Waals surface area contributed by atoms with Gasteiger partial charge in [0.15, 0.2) is 0 Å². The van der Waals surface area contributed by atoms with E-state index in [9.17, 15) is 10.1 Å². The van der Waals surface area contributed by atoms with Gasteiger partial charge in [-0.1, -0.05) is 24.3 Å². The molecule has 0 atom stereocenters. The topological polar surface area (TPSA) is 75.4 Å². The highest BCUT2D eigenvalue weighted by Gasteiger charge is 2.03. The van der Waals surface area contributed by atoms with Gasteiger partial charge in [0.2, 0.25) is 0 Å². The maximum absolute atomic E-state index is 10.5. The van der Waals surface area contributed by atoms with E-state index in [-0.39, 0.29) is 12.3 Å². The fourth-order valence-corrected chi connectivity index (χ4v) is 1.72. The van der Waals surface area contributed by atoms with Crippen LogP contribution in [0.4, 0.5) is 11.4 Å². The molecule has 0 bridgehead atoms. The summed E-state index contributed by atoms with van der Waals surface area (Å²) in [7, 11) is 0. The number of benzene rings is 2. The van der Waals surface area contributed by atoms with Gasteiger partial charge in [-0.05, 0) is 23.3 Å². The zero-order valence-electron chi connectivity index (χ0n) is 10.2. The highest BCUT2D eigenvalue weighted by Crippen LogP contribution is 2.15. The second kappa shape index (κ2) is 5.97. The van der Waals surface area contributed by atoms with E-state index < -0.39 is 4.92 Å². The number of nitrogens with zero attached hydrogens (tertiary/aromatic N) is 1. The third kappa shape index (κ3) is 3.53. The first-order valence-electron chi connectivity index (χ1n) is 5.86. The van der Waals surface area contributed by atoms with Crippen LogP contribution in [0.1, 0.15) is 11.1 Å². The summed E-state index contributed by atoms with van der Waals surface area (Å²) in [5.41, 5.74) is 2.80. The predicted molar refractivity (Wildman–Crippen MR) is 72.8 cm³/mol. The van der Waals surface area contributed by atoms with Gasteiger partial charge in [-0.3, -0.25) is 10.1 Å². The molecule has 0 fully saturated rings. The molecule has 98 valence electrons. The van der Waals surface area contributed by atoms with Crippen LogP contribution in [0.15, 0.2) is 48.5 Å². The van der Waals surface area contributed by atoms with Crippen molar-refractivity contribution in [2.45, 2.75) is 13.2 Å². The molecule has 0 spiro atoms. The van der Waals surface area contributed by atoms with Gasteiger partial charge in [0.25, 0.3) is 5.69 Å². The van der Waals surface area contributed by atoms with Crippen LogP contribution in [0.25, 0.3) is 0 Å². The van der Waals surface area contributed by atoms with Gasteiger partial charge in [-0.15, -0.1) is 0 Å². The average molecular weight is 258 g/mol. The molecule has 2 N–H and O–H groups in total. The first-order chi connectivity index (χ1) is 9.19. The molecule has 2 aromatic carbocycles. The van der Waals surface area contributed by atoms with E-state index in [1.54, 1.807) is 12.1 Å². The maximum atomic E-state index is 10.5. The van der Waals surface area contributed by atoms with Crippen molar-refractivity contribution in [3.63, 3.8) is 0 Å².